The summed E-state index contributed by atoms with van der Waals surface area (Å²) in [7, 11) is 0. The van der Waals surface area contributed by atoms with Crippen LogP contribution in [0.15, 0.2) is 22.3 Å². The summed E-state index contributed by atoms with van der Waals surface area (Å²) < 4.78 is 16.8. The summed E-state index contributed by atoms with van der Waals surface area (Å²) in [6, 6.07) is 0. The van der Waals surface area contributed by atoms with Crippen molar-refractivity contribution in [1.29, 1.82) is 0 Å². The molecule has 1 saturated carbocycles. The summed E-state index contributed by atoms with van der Waals surface area (Å²) in [6.45, 7) is 10.0. The van der Waals surface area contributed by atoms with Crippen molar-refractivity contribution < 1.29 is 33.4 Å². The van der Waals surface area contributed by atoms with Gasteiger partial charge in [-0.3, -0.25) is 9.59 Å². The first-order valence-electron chi connectivity index (χ1n) is 9.86. The van der Waals surface area contributed by atoms with Crippen molar-refractivity contribution in [1.82, 2.24) is 0 Å². The van der Waals surface area contributed by atoms with Gasteiger partial charge < -0.3 is 19.0 Å². The number of aliphatic hydroxyl groups is 1. The summed E-state index contributed by atoms with van der Waals surface area (Å²) in [4.78, 5) is 37.8. The number of carbonyl (C=O) groups excluding carboxylic acids is 3. The van der Waals surface area contributed by atoms with Gasteiger partial charge in [0, 0.05) is 18.1 Å². The van der Waals surface area contributed by atoms with Gasteiger partial charge >= 0.3 is 11.9 Å². The van der Waals surface area contributed by atoms with Gasteiger partial charge in [0.1, 0.15) is 12.2 Å². The molecule has 0 saturated heterocycles. The van der Waals surface area contributed by atoms with Crippen molar-refractivity contribution in [3.63, 3.8) is 0 Å². The van der Waals surface area contributed by atoms with E-state index in [1.807, 2.05) is 6.92 Å². The third-order valence-electron chi connectivity index (χ3n) is 6.84. The van der Waals surface area contributed by atoms with Crippen molar-refractivity contribution >= 4 is 17.7 Å². The van der Waals surface area contributed by atoms with Gasteiger partial charge in [0.15, 0.2) is 11.4 Å². The molecule has 7 nitrogen and oxygen atoms in total. The van der Waals surface area contributed by atoms with Crippen LogP contribution in [-0.2, 0) is 19.1 Å². The highest BCUT2D eigenvalue weighted by Crippen LogP contribution is 2.61. The summed E-state index contributed by atoms with van der Waals surface area (Å²) in [5.41, 5.74) is -1.75. The molecule has 5 atom stereocenters. The number of esters is 2. The lowest BCUT2D eigenvalue weighted by molar-refractivity contribution is -0.229. The molecule has 0 bridgehead atoms. The third-order valence-corrected chi connectivity index (χ3v) is 6.84. The van der Waals surface area contributed by atoms with E-state index in [2.05, 4.69) is 0 Å². The first-order valence-corrected chi connectivity index (χ1v) is 9.86. The summed E-state index contributed by atoms with van der Waals surface area (Å²) in [6.07, 6.45) is 1.97. The summed E-state index contributed by atoms with van der Waals surface area (Å²) in [5.74, 6) is -2.02. The van der Waals surface area contributed by atoms with Crippen LogP contribution in [0.2, 0.25) is 0 Å². The Balaban J connectivity index is 2.24. The Morgan fingerprint density at radius 2 is 1.93 bits per heavy atom. The second kappa shape index (κ2) is 7.13. The second-order valence-electron chi connectivity index (χ2n) is 8.37. The number of hydrogen-bond acceptors (Lipinski definition) is 7. The molecule has 29 heavy (non-hydrogen) atoms. The molecule has 7 heteroatoms. The van der Waals surface area contributed by atoms with E-state index in [9.17, 15) is 19.5 Å². The maximum Gasteiger partial charge on any atom is 0.334 e. The van der Waals surface area contributed by atoms with E-state index < -0.39 is 40.9 Å². The zero-order chi connectivity index (χ0) is 21.7. The predicted octanol–water partition coefficient (Wildman–Crippen LogP) is 3.43. The van der Waals surface area contributed by atoms with E-state index in [1.165, 1.54) is 13.2 Å². The van der Waals surface area contributed by atoms with Crippen molar-refractivity contribution in [2.45, 2.75) is 72.2 Å². The van der Waals surface area contributed by atoms with E-state index in [-0.39, 0.29) is 11.7 Å². The normalized spacial score (nSPS) is 34.2. The molecular formula is C22H28O7. The van der Waals surface area contributed by atoms with Gasteiger partial charge in [-0.05, 0) is 45.1 Å². The van der Waals surface area contributed by atoms with Gasteiger partial charge in [-0.15, -0.1) is 0 Å². The van der Waals surface area contributed by atoms with Crippen molar-refractivity contribution in [3.05, 3.63) is 34.8 Å². The van der Waals surface area contributed by atoms with E-state index in [1.54, 1.807) is 33.8 Å². The van der Waals surface area contributed by atoms with E-state index in [0.29, 0.717) is 29.5 Å². The number of rotatable bonds is 3. The quantitative estimate of drug-likeness (QED) is 0.608. The Hall–Kier alpha value is -2.41. The monoisotopic (exact) mass is 404 g/mol. The van der Waals surface area contributed by atoms with Gasteiger partial charge in [-0.2, -0.15) is 0 Å². The third kappa shape index (κ3) is 2.86. The van der Waals surface area contributed by atoms with Gasteiger partial charge in [0.2, 0.25) is 5.78 Å². The number of Topliss-reactive ketones (excluding diaryl/α,β-unsaturated/α-hetero) is 1. The van der Waals surface area contributed by atoms with E-state index >= 15 is 0 Å². The highest BCUT2D eigenvalue weighted by Gasteiger charge is 2.71. The maximum atomic E-state index is 13.5. The minimum atomic E-state index is -2.08. The molecule has 1 fully saturated rings. The fourth-order valence-electron chi connectivity index (χ4n) is 4.75. The summed E-state index contributed by atoms with van der Waals surface area (Å²) >= 11 is 0. The molecule has 1 aromatic rings. The maximum absolute atomic E-state index is 13.5. The van der Waals surface area contributed by atoms with Gasteiger partial charge in [0.25, 0.3) is 0 Å². The molecule has 0 aliphatic heterocycles. The Morgan fingerprint density at radius 3 is 2.52 bits per heavy atom. The van der Waals surface area contributed by atoms with Crippen LogP contribution in [0.1, 0.15) is 75.2 Å². The number of ether oxygens (including phenoxy) is 2. The Labute approximate surface area is 170 Å². The van der Waals surface area contributed by atoms with Crippen LogP contribution in [0.4, 0.5) is 0 Å². The van der Waals surface area contributed by atoms with Crippen molar-refractivity contribution in [2.75, 3.05) is 0 Å². The molecule has 0 radical (unpaired) electrons. The smallest absolute Gasteiger partial charge is 0.334 e. The average Bonchev–Trinajstić information content (AvgIpc) is 3.05. The standard InChI is InChI=1S/C22H28O7/c1-7-11(2)20(25)29-19-16-12(3)10-27-17(16)18(24)22(26)15(28-14(5)23)9-8-13(4)21(19,22)6/h7,10,13,15,19,26H,8-9H2,1-6H3. The molecular weight excluding hydrogens is 376 g/mol. The zero-order valence-corrected chi connectivity index (χ0v) is 17.7. The first kappa shape index (κ1) is 21.3. The minimum Gasteiger partial charge on any atom is -0.460 e. The molecule has 5 unspecified atom stereocenters. The van der Waals surface area contributed by atoms with Crippen LogP contribution in [0.5, 0.6) is 0 Å². The van der Waals surface area contributed by atoms with Gasteiger partial charge in [-0.1, -0.05) is 19.9 Å². The predicted molar refractivity (Wildman–Crippen MR) is 103 cm³/mol. The fourth-order valence-corrected chi connectivity index (χ4v) is 4.75. The number of carbonyl (C=O) groups is 3. The molecule has 0 aromatic carbocycles. The molecule has 2 aliphatic rings. The van der Waals surface area contributed by atoms with Crippen molar-refractivity contribution in [2.24, 2.45) is 11.3 Å². The highest BCUT2D eigenvalue weighted by molar-refractivity contribution is 6.05. The van der Waals surface area contributed by atoms with Crippen LogP contribution >= 0.6 is 0 Å². The molecule has 1 heterocycles. The molecule has 1 N–H and O–H groups in total. The fraction of sp³-hybridized carbons (Fsp3) is 0.591. The molecule has 0 amide bonds. The topological polar surface area (TPSA) is 103 Å². The molecule has 158 valence electrons. The van der Waals surface area contributed by atoms with Gasteiger partial charge in [0.05, 0.1) is 11.7 Å². The highest BCUT2D eigenvalue weighted by atomic mass is 16.6. The number of allylic oxidation sites excluding steroid dienone is 1. The largest absolute Gasteiger partial charge is 0.460 e. The Kier molecular flexibility index (Phi) is 5.24. The number of ketones is 1. The van der Waals surface area contributed by atoms with E-state index in [0.717, 1.165) is 0 Å². The second-order valence-corrected chi connectivity index (χ2v) is 8.37. The Bertz CT molecular complexity index is 895. The van der Waals surface area contributed by atoms with Crippen LogP contribution in [-0.4, -0.2) is 34.5 Å². The molecule has 0 spiro atoms. The minimum absolute atomic E-state index is 0.0512. The SMILES string of the molecule is CC=C(C)C(=O)OC1c2c(C)coc2C(=O)C2(O)C(OC(C)=O)CCC(C)C12C. The van der Waals surface area contributed by atoms with E-state index in [4.69, 9.17) is 13.9 Å². The number of hydrogen-bond donors (Lipinski definition) is 1. The van der Waals surface area contributed by atoms with Crippen LogP contribution in [0, 0.1) is 18.3 Å². The molecule has 2 aliphatic carbocycles. The van der Waals surface area contributed by atoms with Crippen LogP contribution < -0.4 is 0 Å². The Morgan fingerprint density at radius 1 is 1.28 bits per heavy atom. The average molecular weight is 404 g/mol. The van der Waals surface area contributed by atoms with Crippen LogP contribution in [0.3, 0.4) is 0 Å². The number of aryl methyl sites for hydroxylation is 1. The lowest BCUT2D eigenvalue weighted by Crippen LogP contribution is -2.70. The molecule has 1 aromatic heterocycles. The lowest BCUT2D eigenvalue weighted by atomic mass is 9.50. The summed E-state index contributed by atoms with van der Waals surface area (Å²) in [5, 5.41) is 11.8. The zero-order valence-electron chi connectivity index (χ0n) is 17.7. The van der Waals surface area contributed by atoms with Crippen molar-refractivity contribution in [3.8, 4) is 0 Å². The molecule has 3 rings (SSSR count). The number of furan rings is 1. The van der Waals surface area contributed by atoms with Crippen LogP contribution in [0.25, 0.3) is 0 Å². The first-order chi connectivity index (χ1) is 13.5. The van der Waals surface area contributed by atoms with Gasteiger partial charge in [-0.25, -0.2) is 4.79 Å². The number of fused-ring (bicyclic) bond motifs is 2. The lowest BCUT2D eigenvalue weighted by Gasteiger charge is -2.58.